The van der Waals surface area contributed by atoms with Gasteiger partial charge in [0.1, 0.15) is 17.3 Å². The summed E-state index contributed by atoms with van der Waals surface area (Å²) in [6, 6.07) is 6.81. The van der Waals surface area contributed by atoms with E-state index in [1.165, 1.54) is 14.0 Å². The van der Waals surface area contributed by atoms with E-state index in [1.54, 1.807) is 52.0 Å². The van der Waals surface area contributed by atoms with Crippen LogP contribution in [-0.2, 0) is 59.0 Å². The molecule has 0 radical (unpaired) electrons. The van der Waals surface area contributed by atoms with Gasteiger partial charge in [0.05, 0.1) is 31.2 Å². The molecule has 12 atom stereocenters. The average molecular weight is 646 g/mol. The molecule has 4 heterocycles. The van der Waals surface area contributed by atoms with Crippen LogP contribution >= 0.6 is 0 Å². The van der Waals surface area contributed by atoms with Gasteiger partial charge in [0.2, 0.25) is 11.9 Å². The first kappa shape index (κ1) is 30.8. The minimum absolute atomic E-state index is 0.152. The van der Waals surface area contributed by atoms with Crippen molar-refractivity contribution >= 4 is 29.8 Å². The molecule has 0 aromatic heterocycles. The number of benzene rings is 1. The number of aliphatic hydroxyl groups excluding tert-OH is 1. The van der Waals surface area contributed by atoms with Crippen molar-refractivity contribution in [1.29, 1.82) is 0 Å². The molecule has 15 heteroatoms. The summed E-state index contributed by atoms with van der Waals surface area (Å²) in [6.07, 6.45) is -9.87. The standard InChI is InChI=1S/C31H35NO14/c1-12-16(33)17-29-18(42-24(37)21(34)32-27(3,4)5)19-30(39,13(2)22(35)43-19)31(29,25(38)44-17)46-26-28(12,29)20(23(36)45-26)41-11-14-7-9-15(40-6)10-8-14/h7-10,12-13,16-20,26,33,39H,11H2,1-6H3,(H,32,34)/t12-,13-,16-,17?,18+,19+,20+,26?,28?,29?,30-,31+/m1/s1. The first-order valence-corrected chi connectivity index (χ1v) is 15.0. The zero-order chi connectivity index (χ0) is 33.4. The van der Waals surface area contributed by atoms with E-state index in [-0.39, 0.29) is 6.61 Å². The van der Waals surface area contributed by atoms with Crippen LogP contribution in [0.5, 0.6) is 5.75 Å². The fourth-order valence-electron chi connectivity index (χ4n) is 9.15. The highest BCUT2D eigenvalue weighted by Gasteiger charge is 3.05. The third-order valence-corrected chi connectivity index (χ3v) is 10.9. The van der Waals surface area contributed by atoms with Crippen LogP contribution in [0.4, 0.5) is 0 Å². The Balaban J connectivity index is 1.41. The Morgan fingerprint density at radius 3 is 2.30 bits per heavy atom. The number of hydrogen-bond acceptors (Lipinski definition) is 14. The lowest BCUT2D eigenvalue weighted by atomic mass is 9.53. The van der Waals surface area contributed by atoms with Gasteiger partial charge in [0.15, 0.2) is 23.9 Å². The smallest absolute Gasteiger partial charge is 0.397 e. The van der Waals surface area contributed by atoms with Gasteiger partial charge in [-0.1, -0.05) is 19.1 Å². The minimum Gasteiger partial charge on any atom is -0.497 e. The number of fused-ring (bicyclic) bond motifs is 1. The number of carbonyl (C=O) groups excluding carboxylic acids is 5. The van der Waals surface area contributed by atoms with Gasteiger partial charge in [0.25, 0.3) is 0 Å². The summed E-state index contributed by atoms with van der Waals surface area (Å²) in [7, 11) is 1.51. The van der Waals surface area contributed by atoms with Crippen molar-refractivity contribution in [3.05, 3.63) is 29.8 Å². The SMILES string of the molecule is COc1ccc(CO[C@H]2C(=O)OC3O[C@@]45C(=O)OC6[C@H](O)[C@@H](C)C32C64[C@@H](OC(=O)C(=O)NC(C)(C)C)[C@@H]2OC(=O)[C@@H](C)[C@@]25O)cc1. The molecule has 2 aliphatic carbocycles. The van der Waals surface area contributed by atoms with Crippen LogP contribution in [0.15, 0.2) is 24.3 Å². The molecule has 1 amide bonds. The number of aliphatic hydroxyl groups is 2. The number of amides is 1. The van der Waals surface area contributed by atoms with E-state index in [1.807, 2.05) is 0 Å². The summed E-state index contributed by atoms with van der Waals surface area (Å²) in [5, 5.41) is 26.8. The summed E-state index contributed by atoms with van der Waals surface area (Å²) in [5.74, 6) is -7.45. The zero-order valence-electron chi connectivity index (χ0n) is 25.9. The van der Waals surface area contributed by atoms with Crippen LogP contribution in [0, 0.1) is 22.7 Å². The van der Waals surface area contributed by atoms with E-state index >= 15 is 0 Å². The van der Waals surface area contributed by atoms with Crippen LogP contribution in [0.1, 0.15) is 40.2 Å². The van der Waals surface area contributed by atoms with Gasteiger partial charge in [0, 0.05) is 11.5 Å². The van der Waals surface area contributed by atoms with E-state index in [9.17, 15) is 34.2 Å². The number of methoxy groups -OCH3 is 1. The van der Waals surface area contributed by atoms with E-state index < -0.39 is 106 Å². The van der Waals surface area contributed by atoms with Crippen molar-refractivity contribution in [2.75, 3.05) is 7.11 Å². The highest BCUT2D eigenvalue weighted by atomic mass is 16.8. The molecule has 248 valence electrons. The lowest BCUT2D eigenvalue weighted by Gasteiger charge is -2.45. The monoisotopic (exact) mass is 645 g/mol. The molecule has 6 fully saturated rings. The van der Waals surface area contributed by atoms with Gasteiger partial charge in [-0.2, -0.15) is 0 Å². The number of ether oxygens (including phenoxy) is 7. The highest BCUT2D eigenvalue weighted by Crippen LogP contribution is 2.83. The second kappa shape index (κ2) is 9.40. The molecule has 46 heavy (non-hydrogen) atoms. The van der Waals surface area contributed by atoms with E-state index in [4.69, 9.17) is 33.2 Å². The van der Waals surface area contributed by atoms with Crippen molar-refractivity contribution in [1.82, 2.24) is 5.32 Å². The van der Waals surface area contributed by atoms with Crippen LogP contribution in [0.2, 0.25) is 0 Å². The maximum absolute atomic E-state index is 14.1. The van der Waals surface area contributed by atoms with Crippen molar-refractivity contribution in [2.45, 2.75) is 94.8 Å². The first-order valence-electron chi connectivity index (χ1n) is 15.0. The number of carbonyl (C=O) groups is 5. The molecule has 7 rings (SSSR count). The minimum atomic E-state index is -2.55. The molecule has 1 aromatic rings. The zero-order valence-corrected chi connectivity index (χ0v) is 25.9. The van der Waals surface area contributed by atoms with Crippen LogP contribution in [0.3, 0.4) is 0 Å². The summed E-state index contributed by atoms with van der Waals surface area (Å²) in [4.78, 5) is 67.2. The summed E-state index contributed by atoms with van der Waals surface area (Å²) >= 11 is 0. The van der Waals surface area contributed by atoms with Crippen LogP contribution in [0.25, 0.3) is 0 Å². The highest BCUT2D eigenvalue weighted by molar-refractivity contribution is 6.32. The number of esters is 4. The third-order valence-electron chi connectivity index (χ3n) is 10.9. The molecule has 3 N–H and O–H groups in total. The van der Waals surface area contributed by atoms with Gasteiger partial charge >= 0.3 is 29.8 Å². The number of rotatable bonds is 5. The molecule has 15 nitrogen and oxygen atoms in total. The van der Waals surface area contributed by atoms with E-state index in [0.29, 0.717) is 11.3 Å². The summed E-state index contributed by atoms with van der Waals surface area (Å²) < 4.78 is 40.8. The van der Waals surface area contributed by atoms with E-state index in [2.05, 4.69) is 5.32 Å². The Morgan fingerprint density at radius 2 is 1.67 bits per heavy atom. The normalized spacial score (nSPS) is 44.5. The average Bonchev–Trinajstić information content (AvgIpc) is 3.69. The van der Waals surface area contributed by atoms with Crippen molar-refractivity contribution in [2.24, 2.45) is 22.7 Å². The lowest BCUT2D eigenvalue weighted by molar-refractivity contribution is -0.239. The van der Waals surface area contributed by atoms with Crippen molar-refractivity contribution in [3.63, 3.8) is 0 Å². The van der Waals surface area contributed by atoms with E-state index in [0.717, 1.165) is 0 Å². The predicted octanol–water partition coefficient (Wildman–Crippen LogP) is -0.726. The Kier molecular flexibility index (Phi) is 6.30. The van der Waals surface area contributed by atoms with Gasteiger partial charge in [-0.15, -0.1) is 0 Å². The fourth-order valence-corrected chi connectivity index (χ4v) is 9.15. The Bertz CT molecular complexity index is 1550. The summed E-state index contributed by atoms with van der Waals surface area (Å²) in [6.45, 7) is 7.64. The Morgan fingerprint density at radius 1 is 1.00 bits per heavy atom. The third kappa shape index (κ3) is 3.24. The Labute approximate surface area is 262 Å². The molecule has 6 aliphatic rings. The molecular formula is C31H35NO14. The largest absolute Gasteiger partial charge is 0.497 e. The topological polar surface area (TPSA) is 202 Å². The van der Waals surface area contributed by atoms with Crippen LogP contribution in [-0.4, -0.2) is 101 Å². The molecule has 1 aromatic carbocycles. The maximum Gasteiger partial charge on any atom is 0.397 e. The second-order valence-electron chi connectivity index (χ2n) is 13.9. The van der Waals surface area contributed by atoms with Gasteiger partial charge in [-0.25, -0.2) is 14.4 Å². The summed E-state index contributed by atoms with van der Waals surface area (Å²) in [5.41, 5.74) is -9.32. The number of nitrogens with one attached hydrogen (secondary N) is 1. The molecule has 2 spiro atoms. The molecule has 2 saturated carbocycles. The van der Waals surface area contributed by atoms with Crippen molar-refractivity contribution in [3.8, 4) is 5.75 Å². The quantitative estimate of drug-likeness (QED) is 0.206. The van der Waals surface area contributed by atoms with Gasteiger partial charge in [-0.05, 0) is 45.4 Å². The molecule has 4 saturated heterocycles. The lowest BCUT2D eigenvalue weighted by Crippen LogP contribution is -2.67. The van der Waals surface area contributed by atoms with Gasteiger partial charge in [-0.3, -0.25) is 9.59 Å². The molecule has 4 unspecified atom stereocenters. The molecule has 4 aliphatic heterocycles. The second-order valence-corrected chi connectivity index (χ2v) is 13.9. The predicted molar refractivity (Wildman–Crippen MR) is 147 cm³/mol. The van der Waals surface area contributed by atoms with Gasteiger partial charge < -0.3 is 48.7 Å². The molecular weight excluding hydrogens is 610 g/mol. The maximum atomic E-state index is 14.1. The first-order chi connectivity index (χ1) is 21.5. The Hall–Kier alpha value is -3.79. The van der Waals surface area contributed by atoms with Crippen molar-refractivity contribution < 1.29 is 67.3 Å². The number of hydrogen-bond donors (Lipinski definition) is 3. The fraction of sp³-hybridized carbons (Fsp3) is 0.645. The van der Waals surface area contributed by atoms with Crippen LogP contribution < -0.4 is 10.1 Å². The molecule has 0 bridgehead atoms.